The third-order valence-corrected chi connectivity index (χ3v) is 2.71. The highest BCUT2D eigenvalue weighted by atomic mass is 16.3. The van der Waals surface area contributed by atoms with Crippen molar-refractivity contribution in [3.05, 3.63) is 41.5 Å². The van der Waals surface area contributed by atoms with Gasteiger partial charge in [-0.3, -0.25) is 0 Å². The third-order valence-electron chi connectivity index (χ3n) is 2.71. The summed E-state index contributed by atoms with van der Waals surface area (Å²) in [5, 5.41) is 12.6. The molecule has 2 nitrogen and oxygen atoms in total. The second-order valence-electron chi connectivity index (χ2n) is 4.17. The van der Waals surface area contributed by atoms with E-state index in [-0.39, 0.29) is 0 Å². The Kier molecular flexibility index (Phi) is 4.56. The van der Waals surface area contributed by atoms with E-state index in [2.05, 4.69) is 44.8 Å². The van der Waals surface area contributed by atoms with E-state index in [4.69, 9.17) is 0 Å². The fraction of sp³-hybridized carbons (Fsp3) is 0.429. The number of aryl methyl sites for hydroxylation is 2. The van der Waals surface area contributed by atoms with Crippen molar-refractivity contribution < 1.29 is 5.11 Å². The van der Waals surface area contributed by atoms with Gasteiger partial charge in [-0.2, -0.15) is 0 Å². The number of nitrogens with one attached hydrogen (secondary N) is 1. The average Bonchev–Trinajstić information content (AvgIpc) is 2.25. The fourth-order valence-electron chi connectivity index (χ4n) is 1.83. The number of benzene rings is 1. The van der Waals surface area contributed by atoms with Crippen molar-refractivity contribution in [2.24, 2.45) is 0 Å². The first kappa shape index (κ1) is 12.8. The Morgan fingerprint density at radius 3 is 2.69 bits per heavy atom. The van der Waals surface area contributed by atoms with Gasteiger partial charge in [-0.05, 0) is 49.1 Å². The molecule has 0 heterocycles. The molecule has 0 aliphatic rings. The summed E-state index contributed by atoms with van der Waals surface area (Å²) < 4.78 is 0. The summed E-state index contributed by atoms with van der Waals surface area (Å²) in [5.74, 6) is 0. The summed E-state index contributed by atoms with van der Waals surface area (Å²) >= 11 is 0. The molecule has 0 aliphatic carbocycles. The zero-order valence-corrected chi connectivity index (χ0v) is 10.4. The van der Waals surface area contributed by atoms with Crippen LogP contribution in [0.25, 0.3) is 0 Å². The van der Waals surface area contributed by atoms with Gasteiger partial charge in [0.05, 0.1) is 0 Å². The van der Waals surface area contributed by atoms with E-state index in [1.807, 2.05) is 0 Å². The number of anilines is 1. The summed E-state index contributed by atoms with van der Waals surface area (Å²) in [6.45, 7) is 9.89. The van der Waals surface area contributed by atoms with Gasteiger partial charge in [0, 0.05) is 5.69 Å². The molecule has 2 heteroatoms. The second-order valence-corrected chi connectivity index (χ2v) is 4.17. The Balaban J connectivity index is 3.03. The van der Waals surface area contributed by atoms with Gasteiger partial charge in [-0.1, -0.05) is 26.0 Å². The molecule has 0 bridgehead atoms. The summed E-state index contributed by atoms with van der Waals surface area (Å²) in [4.78, 5) is 0. The van der Waals surface area contributed by atoms with Crippen molar-refractivity contribution >= 4 is 5.69 Å². The summed E-state index contributed by atoms with van der Waals surface area (Å²) in [7, 11) is 0. The second kappa shape index (κ2) is 5.71. The highest BCUT2D eigenvalue weighted by Gasteiger charge is 2.07. The minimum absolute atomic E-state index is 0.685. The van der Waals surface area contributed by atoms with Crippen LogP contribution < -0.4 is 5.32 Å². The maximum absolute atomic E-state index is 9.52. The van der Waals surface area contributed by atoms with E-state index in [1.165, 1.54) is 22.8 Å². The van der Waals surface area contributed by atoms with Crippen LogP contribution in [0, 0.1) is 13.8 Å². The molecule has 1 aromatic rings. The largest absolute Gasteiger partial charge is 0.370 e. The Hall–Kier alpha value is -1.28. The predicted octanol–water partition coefficient (Wildman–Crippen LogP) is 3.17. The fourth-order valence-corrected chi connectivity index (χ4v) is 1.83. The molecule has 0 saturated carbocycles. The number of aliphatic hydroxyl groups is 1. The quantitative estimate of drug-likeness (QED) is 0.589. The van der Waals surface area contributed by atoms with E-state index < -0.39 is 6.23 Å². The molecule has 0 saturated heterocycles. The number of hydrogen-bond donors (Lipinski definition) is 2. The molecule has 2 N–H and O–H groups in total. The minimum Gasteiger partial charge on any atom is -0.370 e. The van der Waals surface area contributed by atoms with Gasteiger partial charge < -0.3 is 10.4 Å². The first-order valence-electron chi connectivity index (χ1n) is 5.75. The van der Waals surface area contributed by atoms with Crippen molar-refractivity contribution in [3.63, 3.8) is 0 Å². The highest BCUT2D eigenvalue weighted by Crippen LogP contribution is 2.23. The van der Waals surface area contributed by atoms with Crippen molar-refractivity contribution in [1.29, 1.82) is 0 Å². The van der Waals surface area contributed by atoms with Crippen LogP contribution in [0.5, 0.6) is 0 Å². The monoisotopic (exact) mass is 219 g/mol. The van der Waals surface area contributed by atoms with Crippen molar-refractivity contribution in [2.75, 3.05) is 5.32 Å². The van der Waals surface area contributed by atoms with E-state index in [1.54, 1.807) is 0 Å². The van der Waals surface area contributed by atoms with Gasteiger partial charge in [0.15, 0.2) is 0 Å². The molecule has 1 aromatic carbocycles. The molecule has 0 fully saturated rings. The van der Waals surface area contributed by atoms with Crippen LogP contribution in [0.2, 0.25) is 0 Å². The smallest absolute Gasteiger partial charge is 0.143 e. The van der Waals surface area contributed by atoms with Crippen LogP contribution in [-0.4, -0.2) is 11.3 Å². The van der Waals surface area contributed by atoms with Crippen molar-refractivity contribution in [3.8, 4) is 0 Å². The van der Waals surface area contributed by atoms with Gasteiger partial charge in [-0.15, -0.1) is 0 Å². The normalized spacial score (nSPS) is 12.2. The first-order valence-corrected chi connectivity index (χ1v) is 5.75. The first-order chi connectivity index (χ1) is 7.58. The third kappa shape index (κ3) is 3.11. The molecular weight excluding hydrogens is 198 g/mol. The van der Waals surface area contributed by atoms with Crippen LogP contribution >= 0.6 is 0 Å². The van der Waals surface area contributed by atoms with Gasteiger partial charge in [0.2, 0.25) is 0 Å². The van der Waals surface area contributed by atoms with Crippen molar-refractivity contribution in [2.45, 2.75) is 39.8 Å². The lowest BCUT2D eigenvalue weighted by molar-refractivity contribution is 0.252. The maximum atomic E-state index is 9.52. The van der Waals surface area contributed by atoms with E-state index in [9.17, 15) is 5.11 Å². The standard InChI is InChI=1S/C14H21NO/c1-5-7-12-8-10(3)9-13(11(12)4)15-14(16)6-2/h6,8-9,14-16H,2,5,7H2,1,3-4H3. The minimum atomic E-state index is -0.685. The number of aliphatic hydroxyl groups excluding tert-OH is 1. The van der Waals surface area contributed by atoms with Gasteiger partial charge in [-0.25, -0.2) is 0 Å². The van der Waals surface area contributed by atoms with Crippen LogP contribution in [0.4, 0.5) is 5.69 Å². The molecule has 0 aromatic heterocycles. The molecule has 1 rings (SSSR count). The Morgan fingerprint density at radius 2 is 2.12 bits per heavy atom. The molecule has 16 heavy (non-hydrogen) atoms. The van der Waals surface area contributed by atoms with E-state index >= 15 is 0 Å². The van der Waals surface area contributed by atoms with Crippen LogP contribution in [0.1, 0.15) is 30.0 Å². The van der Waals surface area contributed by atoms with Crippen LogP contribution in [0.15, 0.2) is 24.8 Å². The summed E-state index contributed by atoms with van der Waals surface area (Å²) in [6.07, 6.45) is 3.01. The predicted molar refractivity (Wildman–Crippen MR) is 69.7 cm³/mol. The molecular formula is C14H21NO. The zero-order chi connectivity index (χ0) is 12.1. The summed E-state index contributed by atoms with van der Waals surface area (Å²) in [6, 6.07) is 4.27. The number of hydrogen-bond acceptors (Lipinski definition) is 2. The summed E-state index contributed by atoms with van der Waals surface area (Å²) in [5.41, 5.74) is 4.78. The van der Waals surface area contributed by atoms with Crippen LogP contribution in [0.3, 0.4) is 0 Å². The SMILES string of the molecule is C=CC(O)Nc1cc(C)cc(CCC)c1C. The Labute approximate surface area is 98.0 Å². The Morgan fingerprint density at radius 1 is 1.44 bits per heavy atom. The molecule has 0 radical (unpaired) electrons. The van der Waals surface area contributed by atoms with Crippen molar-refractivity contribution in [1.82, 2.24) is 0 Å². The lowest BCUT2D eigenvalue weighted by Crippen LogP contribution is -2.16. The molecule has 1 atom stereocenters. The van der Waals surface area contributed by atoms with Gasteiger partial charge in [0.1, 0.15) is 6.23 Å². The lowest BCUT2D eigenvalue weighted by atomic mass is 9.99. The molecule has 1 unspecified atom stereocenters. The molecule has 0 aliphatic heterocycles. The molecule has 0 amide bonds. The molecule has 0 spiro atoms. The highest BCUT2D eigenvalue weighted by molar-refractivity contribution is 5.56. The maximum Gasteiger partial charge on any atom is 0.143 e. The number of rotatable bonds is 5. The van der Waals surface area contributed by atoms with Gasteiger partial charge in [0.25, 0.3) is 0 Å². The lowest BCUT2D eigenvalue weighted by Gasteiger charge is -2.16. The topological polar surface area (TPSA) is 32.3 Å². The molecule has 88 valence electrons. The van der Waals surface area contributed by atoms with Gasteiger partial charge >= 0.3 is 0 Å². The average molecular weight is 219 g/mol. The van der Waals surface area contributed by atoms with E-state index in [0.29, 0.717) is 0 Å². The Bertz CT molecular complexity index is 371. The zero-order valence-electron chi connectivity index (χ0n) is 10.4. The van der Waals surface area contributed by atoms with E-state index in [0.717, 1.165) is 18.5 Å². The van der Waals surface area contributed by atoms with Crippen LogP contribution in [-0.2, 0) is 6.42 Å².